The number of oxazole rings is 1. The number of benzene rings is 1. The van der Waals surface area contributed by atoms with Gasteiger partial charge in [0.1, 0.15) is 6.26 Å². The summed E-state index contributed by atoms with van der Waals surface area (Å²) >= 11 is 5.90. The van der Waals surface area contributed by atoms with Crippen LogP contribution in [0.4, 0.5) is 0 Å². The highest BCUT2D eigenvalue weighted by Crippen LogP contribution is 2.10. The summed E-state index contributed by atoms with van der Waals surface area (Å²) in [4.78, 5) is 15.8. The van der Waals surface area contributed by atoms with Gasteiger partial charge in [-0.15, -0.1) is 0 Å². The number of aryl methyl sites for hydroxylation is 2. The normalized spacial score (nSPS) is 10.5. The molecule has 1 heterocycles. The van der Waals surface area contributed by atoms with E-state index in [0.717, 1.165) is 22.7 Å². The second-order valence-corrected chi connectivity index (χ2v) is 5.02. The van der Waals surface area contributed by atoms with E-state index in [4.69, 9.17) is 16.0 Å². The molecule has 5 heteroatoms. The maximum atomic E-state index is 11.7. The van der Waals surface area contributed by atoms with Crippen molar-refractivity contribution in [3.05, 3.63) is 52.7 Å². The van der Waals surface area contributed by atoms with Crippen molar-refractivity contribution in [1.29, 1.82) is 0 Å². The number of aromatic nitrogens is 1. The zero-order valence-corrected chi connectivity index (χ0v) is 12.1. The zero-order valence-electron chi connectivity index (χ0n) is 11.4. The summed E-state index contributed by atoms with van der Waals surface area (Å²) in [6, 6.07) is 7.65. The Bertz CT molecular complexity index is 581. The van der Waals surface area contributed by atoms with E-state index in [1.165, 1.54) is 0 Å². The molecule has 20 heavy (non-hydrogen) atoms. The molecule has 0 fully saturated rings. The molecule has 2 rings (SSSR count). The number of nitrogens with one attached hydrogen (secondary N) is 1. The van der Waals surface area contributed by atoms with Crippen molar-refractivity contribution < 1.29 is 9.21 Å². The Balaban J connectivity index is 1.67. The number of amides is 1. The fourth-order valence-electron chi connectivity index (χ4n) is 1.89. The molecule has 0 unspecified atom stereocenters. The third kappa shape index (κ3) is 4.70. The van der Waals surface area contributed by atoms with Crippen LogP contribution in [0.25, 0.3) is 0 Å². The molecule has 1 amide bonds. The molecular formula is C15H17ClN2O2. The molecule has 0 aliphatic heterocycles. The minimum absolute atomic E-state index is 0.0210. The quantitative estimate of drug-likeness (QED) is 0.890. The number of halogens is 1. The summed E-state index contributed by atoms with van der Waals surface area (Å²) < 4.78 is 5.09. The van der Waals surface area contributed by atoms with Gasteiger partial charge in [-0.2, -0.15) is 0 Å². The van der Waals surface area contributed by atoms with Gasteiger partial charge in [-0.3, -0.25) is 4.79 Å². The van der Waals surface area contributed by atoms with Crippen LogP contribution in [0.3, 0.4) is 0 Å². The van der Waals surface area contributed by atoms with Crippen LogP contribution in [0, 0.1) is 6.92 Å². The first-order valence-electron chi connectivity index (χ1n) is 6.55. The summed E-state index contributed by atoms with van der Waals surface area (Å²) in [5.74, 6) is 0.647. The second-order valence-electron chi connectivity index (χ2n) is 4.59. The van der Waals surface area contributed by atoms with Crippen molar-refractivity contribution in [1.82, 2.24) is 10.3 Å². The van der Waals surface area contributed by atoms with Crippen LogP contribution in [-0.2, 0) is 17.6 Å². The number of hydrogen-bond donors (Lipinski definition) is 1. The molecule has 4 nitrogen and oxygen atoms in total. The highest BCUT2D eigenvalue weighted by Gasteiger charge is 2.05. The van der Waals surface area contributed by atoms with E-state index in [2.05, 4.69) is 10.3 Å². The molecule has 0 saturated heterocycles. The fourth-order valence-corrected chi connectivity index (χ4v) is 2.10. The zero-order chi connectivity index (χ0) is 14.4. The monoisotopic (exact) mass is 292 g/mol. The molecule has 2 aromatic rings. The molecule has 0 radical (unpaired) electrons. The number of hydrogen-bond acceptors (Lipinski definition) is 3. The largest absolute Gasteiger partial charge is 0.449 e. The second kappa shape index (κ2) is 7.10. The van der Waals surface area contributed by atoms with Crippen LogP contribution in [0.5, 0.6) is 0 Å². The van der Waals surface area contributed by atoms with Crippen molar-refractivity contribution in [2.75, 3.05) is 6.54 Å². The summed E-state index contributed by atoms with van der Waals surface area (Å²) in [6.07, 6.45) is 3.38. The van der Waals surface area contributed by atoms with Crippen molar-refractivity contribution in [2.24, 2.45) is 0 Å². The third-order valence-corrected chi connectivity index (χ3v) is 3.13. The van der Waals surface area contributed by atoms with Gasteiger partial charge in [0, 0.05) is 31.3 Å². The first kappa shape index (κ1) is 14.6. The van der Waals surface area contributed by atoms with E-state index < -0.39 is 0 Å². The van der Waals surface area contributed by atoms with Crippen molar-refractivity contribution in [3.63, 3.8) is 0 Å². The maximum absolute atomic E-state index is 11.7. The lowest BCUT2D eigenvalue weighted by Crippen LogP contribution is -2.25. The Morgan fingerprint density at radius 2 is 2.25 bits per heavy atom. The molecule has 0 aliphatic carbocycles. The van der Waals surface area contributed by atoms with Crippen molar-refractivity contribution in [2.45, 2.75) is 26.2 Å². The maximum Gasteiger partial charge on any atom is 0.220 e. The number of rotatable bonds is 6. The minimum atomic E-state index is 0.0210. The van der Waals surface area contributed by atoms with Gasteiger partial charge in [0.25, 0.3) is 0 Å². The molecular weight excluding hydrogens is 276 g/mol. The molecule has 1 aromatic heterocycles. The number of carbonyl (C=O) groups excluding carboxylic acids is 1. The van der Waals surface area contributed by atoms with Crippen LogP contribution in [0.1, 0.15) is 23.6 Å². The molecule has 0 saturated carbocycles. The molecule has 106 valence electrons. The Morgan fingerprint density at radius 1 is 1.40 bits per heavy atom. The Morgan fingerprint density at radius 3 is 2.95 bits per heavy atom. The van der Waals surface area contributed by atoms with Gasteiger partial charge in [0.2, 0.25) is 5.91 Å². The number of nitrogens with zero attached hydrogens (tertiary/aromatic N) is 1. The average molecular weight is 293 g/mol. The van der Waals surface area contributed by atoms with Crippen LogP contribution < -0.4 is 5.32 Å². The van der Waals surface area contributed by atoms with E-state index in [1.807, 2.05) is 24.3 Å². The molecule has 0 atom stereocenters. The molecule has 0 spiro atoms. The van der Waals surface area contributed by atoms with E-state index in [9.17, 15) is 4.79 Å². The molecule has 1 aromatic carbocycles. The van der Waals surface area contributed by atoms with E-state index in [-0.39, 0.29) is 5.91 Å². The lowest BCUT2D eigenvalue weighted by Gasteiger charge is -2.05. The topological polar surface area (TPSA) is 55.1 Å². The molecule has 0 aliphatic rings. The highest BCUT2D eigenvalue weighted by atomic mass is 35.5. The van der Waals surface area contributed by atoms with E-state index in [0.29, 0.717) is 25.3 Å². The first-order valence-corrected chi connectivity index (χ1v) is 6.93. The summed E-state index contributed by atoms with van der Waals surface area (Å²) in [6.45, 7) is 2.39. The summed E-state index contributed by atoms with van der Waals surface area (Å²) in [7, 11) is 0. The SMILES string of the molecule is Cc1nc(CCC(=O)NCCc2cccc(Cl)c2)co1. The lowest BCUT2D eigenvalue weighted by atomic mass is 10.1. The van der Waals surface area contributed by atoms with Gasteiger partial charge in [0.15, 0.2) is 5.89 Å². The van der Waals surface area contributed by atoms with Gasteiger partial charge in [-0.05, 0) is 24.1 Å². The third-order valence-electron chi connectivity index (χ3n) is 2.90. The van der Waals surface area contributed by atoms with Gasteiger partial charge in [0.05, 0.1) is 5.69 Å². The summed E-state index contributed by atoms with van der Waals surface area (Å²) in [5, 5.41) is 3.61. The van der Waals surface area contributed by atoms with E-state index in [1.54, 1.807) is 13.2 Å². The molecule has 0 bridgehead atoms. The van der Waals surface area contributed by atoms with Crippen LogP contribution in [-0.4, -0.2) is 17.4 Å². The molecule has 1 N–H and O–H groups in total. The first-order chi connectivity index (χ1) is 9.63. The highest BCUT2D eigenvalue weighted by molar-refractivity contribution is 6.30. The minimum Gasteiger partial charge on any atom is -0.449 e. The lowest BCUT2D eigenvalue weighted by molar-refractivity contribution is -0.121. The van der Waals surface area contributed by atoms with Crippen LogP contribution in [0.2, 0.25) is 5.02 Å². The predicted molar refractivity (Wildman–Crippen MR) is 77.7 cm³/mol. The van der Waals surface area contributed by atoms with Crippen molar-refractivity contribution in [3.8, 4) is 0 Å². The standard InChI is InChI=1S/C15H17ClN2O2/c1-11-18-14(10-20-11)5-6-15(19)17-8-7-12-3-2-4-13(16)9-12/h2-4,9-10H,5-8H2,1H3,(H,17,19). The average Bonchev–Trinajstić information content (AvgIpc) is 2.82. The predicted octanol–water partition coefficient (Wildman–Crippen LogP) is 2.93. The van der Waals surface area contributed by atoms with Gasteiger partial charge < -0.3 is 9.73 Å². The van der Waals surface area contributed by atoms with Crippen LogP contribution in [0.15, 0.2) is 34.9 Å². The van der Waals surface area contributed by atoms with Gasteiger partial charge >= 0.3 is 0 Å². The van der Waals surface area contributed by atoms with Gasteiger partial charge in [-0.25, -0.2) is 4.98 Å². The van der Waals surface area contributed by atoms with Gasteiger partial charge in [-0.1, -0.05) is 23.7 Å². The smallest absolute Gasteiger partial charge is 0.220 e. The Kier molecular flexibility index (Phi) is 5.18. The number of carbonyl (C=O) groups is 1. The summed E-state index contributed by atoms with van der Waals surface area (Å²) in [5.41, 5.74) is 1.93. The Labute approximate surface area is 123 Å². The fraction of sp³-hybridized carbons (Fsp3) is 0.333. The Hall–Kier alpha value is -1.81. The van der Waals surface area contributed by atoms with Crippen molar-refractivity contribution >= 4 is 17.5 Å². The van der Waals surface area contributed by atoms with E-state index >= 15 is 0 Å². The van der Waals surface area contributed by atoms with Crippen LogP contribution >= 0.6 is 11.6 Å².